The van der Waals surface area contributed by atoms with Gasteiger partial charge >= 0.3 is 0 Å². The fourth-order valence-electron chi connectivity index (χ4n) is 1.44. The van der Waals surface area contributed by atoms with E-state index in [-0.39, 0.29) is 0 Å². The van der Waals surface area contributed by atoms with E-state index in [2.05, 4.69) is 37.8 Å². The Morgan fingerprint density at radius 2 is 2.20 bits per heavy atom. The van der Waals surface area contributed by atoms with Crippen LogP contribution in [0.4, 0.5) is 0 Å². The maximum absolute atomic E-state index is 4.37. The zero-order valence-electron chi connectivity index (χ0n) is 8.61. The maximum atomic E-state index is 4.37. The zero-order chi connectivity index (χ0) is 10.8. The summed E-state index contributed by atoms with van der Waals surface area (Å²) in [5.74, 6) is 2.60. The molecule has 0 aliphatic heterocycles. The summed E-state index contributed by atoms with van der Waals surface area (Å²) < 4.78 is 2.76. The van der Waals surface area contributed by atoms with Crippen LogP contribution in [-0.2, 0) is 6.42 Å². The molecular weight excluding hydrogens is 256 g/mol. The van der Waals surface area contributed by atoms with Gasteiger partial charge in [0.25, 0.3) is 0 Å². The van der Waals surface area contributed by atoms with Crippen LogP contribution < -0.4 is 0 Å². The summed E-state index contributed by atoms with van der Waals surface area (Å²) in [5, 5.41) is 0. The lowest BCUT2D eigenvalue weighted by atomic mass is 10.4. The average molecular weight is 267 g/mol. The molecule has 0 fully saturated rings. The molecule has 78 valence electrons. The Labute approximate surface area is 96.5 Å². The van der Waals surface area contributed by atoms with Crippen molar-refractivity contribution in [1.29, 1.82) is 0 Å². The molecule has 2 aromatic rings. The maximum Gasteiger partial charge on any atom is 0.142 e. The van der Waals surface area contributed by atoms with E-state index in [0.717, 1.165) is 28.5 Å². The first-order chi connectivity index (χ1) is 7.20. The Balaban J connectivity index is 2.53. The van der Waals surface area contributed by atoms with Crippen LogP contribution in [0, 0.1) is 6.92 Å². The second kappa shape index (κ2) is 4.10. The Hall–Kier alpha value is -1.23. The highest BCUT2D eigenvalue weighted by atomic mass is 79.9. The fourth-order valence-corrected chi connectivity index (χ4v) is 1.91. The van der Waals surface area contributed by atoms with Gasteiger partial charge in [-0.3, -0.25) is 4.57 Å². The molecule has 0 amide bonds. The topological polar surface area (TPSA) is 43.6 Å². The van der Waals surface area contributed by atoms with Crippen molar-refractivity contribution >= 4 is 15.9 Å². The van der Waals surface area contributed by atoms with Crippen molar-refractivity contribution in [2.75, 3.05) is 0 Å². The number of imidazole rings is 1. The van der Waals surface area contributed by atoms with Crippen LogP contribution in [0.25, 0.3) is 5.82 Å². The van der Waals surface area contributed by atoms with Gasteiger partial charge in [-0.2, -0.15) is 0 Å². The smallest absolute Gasteiger partial charge is 0.142 e. The normalized spacial score (nSPS) is 10.6. The van der Waals surface area contributed by atoms with Crippen LogP contribution in [0.1, 0.15) is 18.6 Å². The van der Waals surface area contributed by atoms with E-state index in [0.29, 0.717) is 0 Å². The minimum absolute atomic E-state index is 0.745. The molecule has 2 rings (SSSR count). The van der Waals surface area contributed by atoms with Gasteiger partial charge in [0.15, 0.2) is 0 Å². The molecule has 0 bridgehead atoms. The molecule has 0 saturated carbocycles. The number of rotatable bonds is 2. The Morgan fingerprint density at radius 1 is 1.40 bits per heavy atom. The summed E-state index contributed by atoms with van der Waals surface area (Å²) in [6.45, 7) is 3.94. The third kappa shape index (κ3) is 2.07. The van der Waals surface area contributed by atoms with E-state index in [9.17, 15) is 0 Å². The van der Waals surface area contributed by atoms with E-state index in [1.165, 1.54) is 0 Å². The Bertz CT molecular complexity index is 458. The number of hydrogen-bond acceptors (Lipinski definition) is 3. The summed E-state index contributed by atoms with van der Waals surface area (Å²) in [7, 11) is 0. The highest BCUT2D eigenvalue weighted by molar-refractivity contribution is 9.10. The molecule has 0 aromatic carbocycles. The van der Waals surface area contributed by atoms with E-state index in [1.807, 2.05) is 23.8 Å². The molecule has 0 spiro atoms. The molecule has 2 heterocycles. The van der Waals surface area contributed by atoms with Gasteiger partial charge in [0, 0.05) is 24.9 Å². The molecule has 0 unspecified atom stereocenters. The van der Waals surface area contributed by atoms with Gasteiger partial charge in [0.1, 0.15) is 22.1 Å². The minimum atomic E-state index is 0.745. The first-order valence-electron chi connectivity index (χ1n) is 4.74. The average Bonchev–Trinajstić information content (AvgIpc) is 2.63. The van der Waals surface area contributed by atoms with Crippen LogP contribution in [0.3, 0.4) is 0 Å². The first kappa shape index (κ1) is 10.3. The third-order valence-electron chi connectivity index (χ3n) is 2.07. The fraction of sp³-hybridized carbons (Fsp3) is 0.300. The molecule has 15 heavy (non-hydrogen) atoms. The van der Waals surface area contributed by atoms with E-state index in [4.69, 9.17) is 0 Å². The Kier molecular flexibility index (Phi) is 2.81. The molecule has 0 radical (unpaired) electrons. The highest BCUT2D eigenvalue weighted by Gasteiger charge is 2.05. The first-order valence-corrected chi connectivity index (χ1v) is 5.53. The number of aromatic nitrogens is 4. The zero-order valence-corrected chi connectivity index (χ0v) is 10.2. The van der Waals surface area contributed by atoms with Gasteiger partial charge < -0.3 is 0 Å². The van der Waals surface area contributed by atoms with Gasteiger partial charge in [-0.15, -0.1) is 0 Å². The monoisotopic (exact) mass is 266 g/mol. The standard InChI is InChI=1S/C10H11BrN4/c1-3-9-12-4-5-15(9)10-6-8(11)13-7(2)14-10/h4-6H,3H2,1-2H3. The van der Waals surface area contributed by atoms with Crippen LogP contribution in [0.5, 0.6) is 0 Å². The molecule has 0 N–H and O–H groups in total. The number of halogens is 1. The Morgan fingerprint density at radius 3 is 2.87 bits per heavy atom. The molecule has 0 aliphatic carbocycles. The van der Waals surface area contributed by atoms with Gasteiger partial charge in [-0.25, -0.2) is 15.0 Å². The van der Waals surface area contributed by atoms with Crippen molar-refractivity contribution in [2.24, 2.45) is 0 Å². The van der Waals surface area contributed by atoms with Gasteiger partial charge in [-0.1, -0.05) is 6.92 Å². The highest BCUT2D eigenvalue weighted by Crippen LogP contribution is 2.13. The van der Waals surface area contributed by atoms with Crippen molar-refractivity contribution in [3.8, 4) is 5.82 Å². The van der Waals surface area contributed by atoms with Crippen molar-refractivity contribution in [3.05, 3.63) is 34.7 Å². The second-order valence-corrected chi connectivity index (χ2v) is 3.98. The lowest BCUT2D eigenvalue weighted by Crippen LogP contribution is -2.03. The molecule has 5 heteroatoms. The molecule has 0 saturated heterocycles. The largest absolute Gasteiger partial charge is 0.288 e. The lowest BCUT2D eigenvalue weighted by Gasteiger charge is -2.06. The summed E-state index contributed by atoms with van der Waals surface area (Å²) in [6, 6.07) is 1.88. The van der Waals surface area contributed by atoms with E-state index < -0.39 is 0 Å². The molecule has 0 aliphatic rings. The van der Waals surface area contributed by atoms with Crippen molar-refractivity contribution in [3.63, 3.8) is 0 Å². The van der Waals surface area contributed by atoms with Crippen LogP contribution in [0.15, 0.2) is 23.1 Å². The lowest BCUT2D eigenvalue weighted by molar-refractivity contribution is 0.848. The van der Waals surface area contributed by atoms with E-state index in [1.54, 1.807) is 6.20 Å². The van der Waals surface area contributed by atoms with E-state index >= 15 is 0 Å². The van der Waals surface area contributed by atoms with Crippen LogP contribution in [0.2, 0.25) is 0 Å². The number of hydrogen-bond donors (Lipinski definition) is 0. The summed E-state index contributed by atoms with van der Waals surface area (Å²) in [6.07, 6.45) is 4.57. The summed E-state index contributed by atoms with van der Waals surface area (Å²) >= 11 is 3.36. The van der Waals surface area contributed by atoms with Gasteiger partial charge in [0.2, 0.25) is 0 Å². The van der Waals surface area contributed by atoms with Crippen molar-refractivity contribution in [1.82, 2.24) is 19.5 Å². The SMILES string of the molecule is CCc1nccn1-c1cc(Br)nc(C)n1. The van der Waals surface area contributed by atoms with Gasteiger partial charge in [0.05, 0.1) is 0 Å². The summed E-state index contributed by atoms with van der Waals surface area (Å²) in [5.41, 5.74) is 0. The van der Waals surface area contributed by atoms with Gasteiger partial charge in [-0.05, 0) is 22.9 Å². The number of nitrogens with zero attached hydrogens (tertiary/aromatic N) is 4. The van der Waals surface area contributed by atoms with Crippen LogP contribution in [-0.4, -0.2) is 19.5 Å². The summed E-state index contributed by atoms with van der Waals surface area (Å²) in [4.78, 5) is 12.8. The van der Waals surface area contributed by atoms with Crippen LogP contribution >= 0.6 is 15.9 Å². The predicted molar refractivity (Wildman–Crippen MR) is 61.0 cm³/mol. The predicted octanol–water partition coefficient (Wildman–Crippen LogP) is 2.30. The minimum Gasteiger partial charge on any atom is -0.288 e. The third-order valence-corrected chi connectivity index (χ3v) is 2.48. The number of aryl methyl sites for hydroxylation is 2. The molecule has 4 nitrogen and oxygen atoms in total. The van der Waals surface area contributed by atoms with Crippen molar-refractivity contribution < 1.29 is 0 Å². The van der Waals surface area contributed by atoms with Crippen molar-refractivity contribution in [2.45, 2.75) is 20.3 Å². The molecule has 0 atom stereocenters. The quantitative estimate of drug-likeness (QED) is 0.784. The second-order valence-electron chi connectivity index (χ2n) is 3.16. The molecule has 2 aromatic heterocycles. The molecular formula is C10H11BrN4.